The summed E-state index contributed by atoms with van der Waals surface area (Å²) in [7, 11) is 0. The topological polar surface area (TPSA) is 12.9 Å². The number of aromatic nitrogens is 1. The summed E-state index contributed by atoms with van der Waals surface area (Å²) in [5.41, 5.74) is 2.71. The highest BCUT2D eigenvalue weighted by molar-refractivity contribution is 7.14. The van der Waals surface area contributed by atoms with Gasteiger partial charge in [-0.1, -0.05) is 44.4 Å². The highest BCUT2D eigenvalue weighted by atomic mass is 32.1. The summed E-state index contributed by atoms with van der Waals surface area (Å²) in [4.78, 5) is 5.73. The molecule has 0 aliphatic carbocycles. The van der Waals surface area contributed by atoms with Crippen molar-refractivity contribution in [3.63, 3.8) is 0 Å². The molecule has 0 saturated carbocycles. The van der Waals surface area contributed by atoms with Crippen molar-refractivity contribution in [1.82, 2.24) is 4.98 Å². The van der Waals surface area contributed by atoms with Gasteiger partial charge in [0.1, 0.15) is 5.01 Å². The van der Waals surface area contributed by atoms with Gasteiger partial charge in [-0.25, -0.2) is 4.98 Å². The summed E-state index contributed by atoms with van der Waals surface area (Å²) in [6.45, 7) is 4.36. The summed E-state index contributed by atoms with van der Waals surface area (Å²) in [5, 5.41) is 1.14. The summed E-state index contributed by atoms with van der Waals surface area (Å²) < 4.78 is 0. The molecule has 18 heavy (non-hydrogen) atoms. The lowest BCUT2D eigenvalue weighted by Gasteiger charge is -2.03. The molecule has 0 radical (unpaired) electrons. The number of rotatable bonds is 6. The Morgan fingerprint density at radius 2 is 2.06 bits per heavy atom. The van der Waals surface area contributed by atoms with E-state index in [0.29, 0.717) is 0 Å². The maximum atomic E-state index is 4.46. The Morgan fingerprint density at radius 3 is 2.78 bits per heavy atom. The van der Waals surface area contributed by atoms with Crippen molar-refractivity contribution in [3.8, 4) is 10.6 Å². The first kappa shape index (κ1) is 13.3. The van der Waals surface area contributed by atoms with E-state index in [1.807, 2.05) is 6.20 Å². The molecule has 0 aliphatic rings. The normalized spacial score (nSPS) is 10.8. The van der Waals surface area contributed by atoms with Crippen LogP contribution in [-0.2, 0) is 6.42 Å². The number of unbranched alkanes of at least 4 members (excludes halogenated alkanes) is 3. The molecular formula is C16H21NS. The van der Waals surface area contributed by atoms with Crippen LogP contribution in [0.1, 0.15) is 43.0 Å². The highest BCUT2D eigenvalue weighted by Crippen LogP contribution is 2.25. The first-order valence-corrected chi connectivity index (χ1v) is 7.63. The molecule has 2 aromatic rings. The second kappa shape index (κ2) is 6.69. The number of hydrogen-bond acceptors (Lipinski definition) is 2. The van der Waals surface area contributed by atoms with Crippen molar-refractivity contribution in [2.24, 2.45) is 0 Å². The van der Waals surface area contributed by atoms with Crippen LogP contribution >= 0.6 is 11.3 Å². The van der Waals surface area contributed by atoms with Crippen LogP contribution in [0.15, 0.2) is 30.5 Å². The van der Waals surface area contributed by atoms with Gasteiger partial charge < -0.3 is 0 Å². The van der Waals surface area contributed by atoms with E-state index in [9.17, 15) is 0 Å². The average Bonchev–Trinajstić information content (AvgIpc) is 2.82. The molecule has 1 nitrogen and oxygen atoms in total. The maximum Gasteiger partial charge on any atom is 0.123 e. The third kappa shape index (κ3) is 3.67. The molecule has 2 heteroatoms. The van der Waals surface area contributed by atoms with Crippen LogP contribution in [0.2, 0.25) is 0 Å². The molecule has 0 fully saturated rings. The molecule has 96 valence electrons. The lowest BCUT2D eigenvalue weighted by Crippen LogP contribution is -1.87. The number of benzene rings is 1. The van der Waals surface area contributed by atoms with E-state index in [-0.39, 0.29) is 0 Å². The number of aryl methyl sites for hydroxylation is 2. The van der Waals surface area contributed by atoms with Crippen molar-refractivity contribution < 1.29 is 0 Å². The fraction of sp³-hybridized carbons (Fsp3) is 0.438. The molecule has 0 spiro atoms. The van der Waals surface area contributed by atoms with E-state index < -0.39 is 0 Å². The van der Waals surface area contributed by atoms with Crippen molar-refractivity contribution >= 4 is 11.3 Å². The van der Waals surface area contributed by atoms with Crippen molar-refractivity contribution in [2.75, 3.05) is 0 Å². The molecule has 0 saturated heterocycles. The van der Waals surface area contributed by atoms with Crippen molar-refractivity contribution in [3.05, 3.63) is 40.9 Å². The molecule has 1 aromatic heterocycles. The van der Waals surface area contributed by atoms with Gasteiger partial charge in [-0.2, -0.15) is 0 Å². The SMILES string of the molecule is CCCCCCc1cccc(-c2ncc(C)s2)c1. The van der Waals surface area contributed by atoms with E-state index in [2.05, 4.69) is 43.1 Å². The van der Waals surface area contributed by atoms with Gasteiger partial charge in [0.05, 0.1) is 0 Å². The molecule has 0 aliphatic heterocycles. The molecule has 1 aromatic carbocycles. The second-order valence-corrected chi connectivity index (χ2v) is 6.02. The summed E-state index contributed by atoms with van der Waals surface area (Å²) >= 11 is 1.77. The van der Waals surface area contributed by atoms with Gasteiger partial charge in [0.2, 0.25) is 0 Å². The third-order valence-electron chi connectivity index (χ3n) is 3.11. The van der Waals surface area contributed by atoms with E-state index in [1.165, 1.54) is 48.1 Å². The Kier molecular flexibility index (Phi) is 4.94. The molecule has 0 N–H and O–H groups in total. The Labute approximate surface area is 114 Å². The van der Waals surface area contributed by atoms with Crippen LogP contribution in [0.4, 0.5) is 0 Å². The van der Waals surface area contributed by atoms with E-state index in [0.717, 1.165) is 5.01 Å². The molecule has 0 amide bonds. The lowest BCUT2D eigenvalue weighted by molar-refractivity contribution is 0.667. The standard InChI is InChI=1S/C16H21NS/c1-3-4-5-6-8-14-9-7-10-15(11-14)16-17-12-13(2)18-16/h7,9-12H,3-6,8H2,1-2H3. The lowest BCUT2D eigenvalue weighted by atomic mass is 10.0. The van der Waals surface area contributed by atoms with Crippen molar-refractivity contribution in [1.29, 1.82) is 0 Å². The number of hydrogen-bond donors (Lipinski definition) is 0. The first-order valence-electron chi connectivity index (χ1n) is 6.81. The van der Waals surface area contributed by atoms with Crippen LogP contribution in [0.5, 0.6) is 0 Å². The quantitative estimate of drug-likeness (QED) is 0.646. The van der Waals surface area contributed by atoms with Gasteiger partial charge in [0.25, 0.3) is 0 Å². The fourth-order valence-corrected chi connectivity index (χ4v) is 2.86. The Hall–Kier alpha value is -1.15. The van der Waals surface area contributed by atoms with E-state index >= 15 is 0 Å². The van der Waals surface area contributed by atoms with E-state index in [4.69, 9.17) is 0 Å². The molecule has 0 bridgehead atoms. The summed E-state index contributed by atoms with van der Waals surface area (Å²) in [6, 6.07) is 8.84. The summed E-state index contributed by atoms with van der Waals surface area (Å²) in [5.74, 6) is 0. The predicted molar refractivity (Wildman–Crippen MR) is 80.1 cm³/mol. The minimum Gasteiger partial charge on any atom is -0.244 e. The molecule has 2 rings (SSSR count). The number of nitrogens with zero attached hydrogens (tertiary/aromatic N) is 1. The monoisotopic (exact) mass is 259 g/mol. The van der Waals surface area contributed by atoms with Crippen LogP contribution < -0.4 is 0 Å². The smallest absolute Gasteiger partial charge is 0.123 e. The largest absolute Gasteiger partial charge is 0.244 e. The molecule has 0 atom stereocenters. The minimum atomic E-state index is 1.14. The average molecular weight is 259 g/mol. The molecule has 0 unspecified atom stereocenters. The number of thiazole rings is 1. The minimum absolute atomic E-state index is 1.14. The Balaban J connectivity index is 2.01. The van der Waals surface area contributed by atoms with Crippen molar-refractivity contribution in [2.45, 2.75) is 46.0 Å². The zero-order chi connectivity index (χ0) is 12.8. The molecule has 1 heterocycles. The zero-order valence-electron chi connectivity index (χ0n) is 11.3. The van der Waals surface area contributed by atoms with Crippen LogP contribution in [-0.4, -0.2) is 4.98 Å². The maximum absolute atomic E-state index is 4.46. The van der Waals surface area contributed by atoms with Gasteiger partial charge in [-0.05, 0) is 31.4 Å². The van der Waals surface area contributed by atoms with Gasteiger partial charge in [-0.15, -0.1) is 11.3 Å². The predicted octanol–water partition coefficient (Wildman–Crippen LogP) is 5.24. The van der Waals surface area contributed by atoms with Crippen LogP contribution in [0, 0.1) is 6.92 Å². The van der Waals surface area contributed by atoms with Gasteiger partial charge >= 0.3 is 0 Å². The van der Waals surface area contributed by atoms with Gasteiger partial charge in [-0.3, -0.25) is 0 Å². The molecular weight excluding hydrogens is 238 g/mol. The highest BCUT2D eigenvalue weighted by Gasteiger charge is 2.03. The Bertz CT molecular complexity index is 487. The summed E-state index contributed by atoms with van der Waals surface area (Å²) in [6.07, 6.45) is 8.45. The fourth-order valence-electron chi connectivity index (χ4n) is 2.10. The van der Waals surface area contributed by atoms with Crippen LogP contribution in [0.3, 0.4) is 0 Å². The Morgan fingerprint density at radius 1 is 1.17 bits per heavy atom. The van der Waals surface area contributed by atoms with Gasteiger partial charge in [0.15, 0.2) is 0 Å². The first-order chi connectivity index (χ1) is 8.79. The van der Waals surface area contributed by atoms with Gasteiger partial charge in [0, 0.05) is 16.6 Å². The van der Waals surface area contributed by atoms with E-state index in [1.54, 1.807) is 11.3 Å². The zero-order valence-corrected chi connectivity index (χ0v) is 12.1. The van der Waals surface area contributed by atoms with Crippen LogP contribution in [0.25, 0.3) is 10.6 Å². The second-order valence-electron chi connectivity index (χ2n) is 4.79. The third-order valence-corrected chi connectivity index (χ3v) is 4.08.